The molecule has 0 saturated carbocycles. The Kier molecular flexibility index (Phi) is 7.10. The minimum Gasteiger partial charge on any atom is -0.399 e. The summed E-state index contributed by atoms with van der Waals surface area (Å²) in [5.74, 6) is 0.260. The molecule has 10 nitrogen and oxygen atoms in total. The van der Waals surface area contributed by atoms with Crippen molar-refractivity contribution in [3.8, 4) is 11.3 Å². The van der Waals surface area contributed by atoms with Gasteiger partial charge in [0, 0.05) is 53.5 Å². The number of rotatable bonds is 6. The predicted molar refractivity (Wildman–Crippen MR) is 158 cm³/mol. The van der Waals surface area contributed by atoms with Crippen molar-refractivity contribution >= 4 is 38.5 Å². The van der Waals surface area contributed by atoms with E-state index in [0.717, 1.165) is 24.1 Å². The molecule has 0 radical (unpaired) electrons. The SMILES string of the molecule is Nc1cccc(NC(=O)N2CCCC(Cc3cc(-c4cnc5c(ccn5S(=O)(=O)c5ccccc5)c4)ncn3)C2)c1. The van der Waals surface area contributed by atoms with Crippen LogP contribution in [0.1, 0.15) is 18.5 Å². The van der Waals surface area contributed by atoms with Crippen LogP contribution in [0, 0.1) is 5.92 Å². The standard InChI is InChI=1S/C30H29N7O3S/c31-24-7-4-8-25(16-24)35-30(38)36-12-5-6-21(19-36)14-26-17-28(34-20-33-26)23-15-22-11-13-37(29(22)32-18-23)41(39,40)27-9-2-1-3-10-27/h1-4,7-11,13,15-18,20-21H,5-6,12,14,19,31H2,(H,35,38). The third kappa shape index (κ3) is 5.62. The molecule has 6 rings (SSSR count). The van der Waals surface area contributed by atoms with Crippen LogP contribution in [0.5, 0.6) is 0 Å². The van der Waals surface area contributed by atoms with Crippen LogP contribution >= 0.6 is 0 Å². The Morgan fingerprint density at radius 3 is 2.68 bits per heavy atom. The lowest BCUT2D eigenvalue weighted by Gasteiger charge is -2.32. The zero-order valence-electron chi connectivity index (χ0n) is 22.2. The van der Waals surface area contributed by atoms with E-state index >= 15 is 0 Å². The molecule has 1 unspecified atom stereocenters. The lowest BCUT2D eigenvalue weighted by Crippen LogP contribution is -2.42. The number of carbonyl (C=O) groups is 1. The number of likely N-dealkylation sites (tertiary alicyclic amines) is 1. The van der Waals surface area contributed by atoms with Gasteiger partial charge in [-0.1, -0.05) is 24.3 Å². The van der Waals surface area contributed by atoms with Crippen LogP contribution < -0.4 is 11.1 Å². The molecule has 2 aromatic carbocycles. The van der Waals surface area contributed by atoms with Gasteiger partial charge in [-0.05, 0) is 73.7 Å². The summed E-state index contributed by atoms with van der Waals surface area (Å²) in [5, 5.41) is 3.63. The number of nitrogens with two attached hydrogens (primary N) is 1. The van der Waals surface area contributed by atoms with Crippen molar-refractivity contribution in [1.29, 1.82) is 0 Å². The Morgan fingerprint density at radius 2 is 1.85 bits per heavy atom. The topological polar surface area (TPSA) is 136 Å². The quantitative estimate of drug-likeness (QED) is 0.281. The Labute approximate surface area is 237 Å². The van der Waals surface area contributed by atoms with Gasteiger partial charge in [-0.25, -0.2) is 32.1 Å². The van der Waals surface area contributed by atoms with Gasteiger partial charge in [0.05, 0.1) is 10.6 Å². The van der Waals surface area contributed by atoms with Crippen molar-refractivity contribution in [2.75, 3.05) is 24.1 Å². The minimum absolute atomic E-state index is 0.135. The first-order chi connectivity index (χ1) is 19.9. The molecular weight excluding hydrogens is 538 g/mol. The number of hydrogen-bond acceptors (Lipinski definition) is 7. The Bertz CT molecular complexity index is 1820. The lowest BCUT2D eigenvalue weighted by atomic mass is 9.93. The molecule has 1 aliphatic rings. The van der Waals surface area contributed by atoms with Gasteiger partial charge in [0.1, 0.15) is 6.33 Å². The highest BCUT2D eigenvalue weighted by Crippen LogP contribution is 2.27. The van der Waals surface area contributed by atoms with Crippen LogP contribution in [0.2, 0.25) is 0 Å². The molecule has 208 valence electrons. The molecule has 0 bridgehead atoms. The molecule has 1 aliphatic heterocycles. The summed E-state index contributed by atoms with van der Waals surface area (Å²) in [4.78, 5) is 28.3. The number of anilines is 2. The van der Waals surface area contributed by atoms with Gasteiger partial charge in [0.2, 0.25) is 0 Å². The van der Waals surface area contributed by atoms with Crippen molar-refractivity contribution in [1.82, 2.24) is 23.8 Å². The lowest BCUT2D eigenvalue weighted by molar-refractivity contribution is 0.177. The second-order valence-electron chi connectivity index (χ2n) is 10.2. The number of nitrogen functional groups attached to an aromatic ring is 1. The zero-order chi connectivity index (χ0) is 28.4. The molecule has 11 heteroatoms. The van der Waals surface area contributed by atoms with Crippen molar-refractivity contribution < 1.29 is 13.2 Å². The number of aromatic nitrogens is 4. The predicted octanol–water partition coefficient (Wildman–Crippen LogP) is 4.80. The number of pyridine rings is 1. The maximum absolute atomic E-state index is 13.1. The average Bonchev–Trinajstić information content (AvgIpc) is 3.42. The number of fused-ring (bicyclic) bond motifs is 1. The summed E-state index contributed by atoms with van der Waals surface area (Å²) in [5.41, 5.74) is 9.81. The fourth-order valence-electron chi connectivity index (χ4n) is 5.24. The van der Waals surface area contributed by atoms with Crippen molar-refractivity contribution in [3.05, 3.63) is 97.2 Å². The van der Waals surface area contributed by atoms with Crippen LogP contribution in [0.4, 0.5) is 16.2 Å². The summed E-state index contributed by atoms with van der Waals surface area (Å²) < 4.78 is 27.5. The van der Waals surface area contributed by atoms with Crippen LogP contribution in [-0.2, 0) is 16.4 Å². The second-order valence-corrected chi connectivity index (χ2v) is 12.0. The summed E-state index contributed by atoms with van der Waals surface area (Å²) >= 11 is 0. The summed E-state index contributed by atoms with van der Waals surface area (Å²) in [6.07, 6.45) is 7.31. The first-order valence-corrected chi connectivity index (χ1v) is 14.8. The van der Waals surface area contributed by atoms with Crippen LogP contribution in [0.15, 0.2) is 96.4 Å². The molecule has 1 saturated heterocycles. The van der Waals surface area contributed by atoms with Crippen LogP contribution in [0.3, 0.4) is 0 Å². The third-order valence-electron chi connectivity index (χ3n) is 7.25. The summed E-state index contributed by atoms with van der Waals surface area (Å²) in [7, 11) is -3.76. The van der Waals surface area contributed by atoms with E-state index in [1.807, 2.05) is 29.2 Å². The van der Waals surface area contributed by atoms with E-state index in [9.17, 15) is 13.2 Å². The van der Waals surface area contributed by atoms with Crippen LogP contribution in [-0.4, -0.2) is 51.4 Å². The molecule has 41 heavy (non-hydrogen) atoms. The fraction of sp³-hybridized carbons (Fsp3) is 0.200. The normalized spacial score (nSPS) is 15.6. The number of piperidine rings is 1. The van der Waals surface area contributed by atoms with E-state index in [-0.39, 0.29) is 16.8 Å². The van der Waals surface area contributed by atoms with E-state index in [0.29, 0.717) is 47.6 Å². The Morgan fingerprint density at radius 1 is 1.00 bits per heavy atom. The van der Waals surface area contributed by atoms with Gasteiger partial charge in [0.15, 0.2) is 5.65 Å². The van der Waals surface area contributed by atoms with E-state index < -0.39 is 10.0 Å². The number of hydrogen-bond donors (Lipinski definition) is 2. The Balaban J connectivity index is 1.17. The molecule has 3 N–H and O–H groups in total. The number of urea groups is 1. The molecule has 5 aromatic rings. The maximum atomic E-state index is 13.1. The maximum Gasteiger partial charge on any atom is 0.321 e. The molecule has 0 aliphatic carbocycles. The van der Waals surface area contributed by atoms with Gasteiger partial charge in [-0.3, -0.25) is 0 Å². The van der Waals surface area contributed by atoms with Gasteiger partial charge in [0.25, 0.3) is 10.0 Å². The third-order valence-corrected chi connectivity index (χ3v) is 8.94. The molecule has 1 fully saturated rings. The summed E-state index contributed by atoms with van der Waals surface area (Å²) in [6, 6.07) is 20.9. The molecular formula is C30H29N7O3S. The number of benzene rings is 2. The molecule has 0 spiro atoms. The van der Waals surface area contributed by atoms with E-state index in [4.69, 9.17) is 5.73 Å². The second kappa shape index (κ2) is 11.0. The van der Waals surface area contributed by atoms with E-state index in [2.05, 4.69) is 20.3 Å². The molecule has 1 atom stereocenters. The first kappa shape index (κ1) is 26.5. The number of nitrogens with zero attached hydrogens (tertiary/aromatic N) is 5. The number of nitrogens with one attached hydrogen (secondary N) is 1. The Hall–Kier alpha value is -4.77. The van der Waals surface area contributed by atoms with Gasteiger partial charge in [-0.15, -0.1) is 0 Å². The fourth-order valence-corrected chi connectivity index (χ4v) is 6.57. The molecule has 4 heterocycles. The first-order valence-electron chi connectivity index (χ1n) is 13.4. The number of amides is 2. The van der Waals surface area contributed by atoms with Gasteiger partial charge in [-0.2, -0.15) is 0 Å². The minimum atomic E-state index is -3.76. The average molecular weight is 568 g/mol. The molecule has 3 aromatic heterocycles. The monoisotopic (exact) mass is 567 g/mol. The highest BCUT2D eigenvalue weighted by atomic mass is 32.2. The van der Waals surface area contributed by atoms with Crippen LogP contribution in [0.25, 0.3) is 22.3 Å². The highest BCUT2D eigenvalue weighted by molar-refractivity contribution is 7.90. The van der Waals surface area contributed by atoms with E-state index in [1.54, 1.807) is 54.7 Å². The molecule has 2 amide bonds. The van der Waals surface area contributed by atoms with Crippen molar-refractivity contribution in [3.63, 3.8) is 0 Å². The summed E-state index contributed by atoms with van der Waals surface area (Å²) in [6.45, 7) is 1.33. The highest BCUT2D eigenvalue weighted by Gasteiger charge is 2.25. The zero-order valence-corrected chi connectivity index (χ0v) is 23.0. The van der Waals surface area contributed by atoms with Gasteiger partial charge < -0.3 is 16.0 Å². The van der Waals surface area contributed by atoms with Gasteiger partial charge >= 0.3 is 6.03 Å². The number of carbonyl (C=O) groups excluding carboxylic acids is 1. The van der Waals surface area contributed by atoms with E-state index in [1.165, 1.54) is 16.5 Å². The largest absolute Gasteiger partial charge is 0.399 e. The van der Waals surface area contributed by atoms with Crippen molar-refractivity contribution in [2.45, 2.75) is 24.2 Å². The smallest absolute Gasteiger partial charge is 0.321 e. The van der Waals surface area contributed by atoms with Crippen molar-refractivity contribution in [2.24, 2.45) is 5.92 Å².